The number of piperazine rings is 1. The Labute approximate surface area is 218 Å². The Kier molecular flexibility index (Phi) is 8.18. The number of anilines is 3. The van der Waals surface area contributed by atoms with Crippen molar-refractivity contribution in [1.82, 2.24) is 14.9 Å². The van der Waals surface area contributed by atoms with Crippen LogP contribution >= 0.6 is 11.8 Å². The summed E-state index contributed by atoms with van der Waals surface area (Å²) in [7, 11) is 2.95. The highest BCUT2D eigenvalue weighted by Crippen LogP contribution is 2.28. The topological polar surface area (TPSA) is 143 Å². The number of amides is 2. The molecule has 11 nitrogen and oxygen atoms in total. The number of nitrogen functional groups attached to an aromatic ring is 1. The van der Waals surface area contributed by atoms with E-state index in [1.807, 2.05) is 18.2 Å². The lowest BCUT2D eigenvalue weighted by Gasteiger charge is -2.36. The monoisotopic (exact) mass is 524 g/mol. The molecule has 4 N–H and O–H groups in total. The van der Waals surface area contributed by atoms with E-state index in [2.05, 4.69) is 32.3 Å². The fourth-order valence-electron chi connectivity index (χ4n) is 3.90. The zero-order valence-electron chi connectivity index (χ0n) is 20.5. The average molecular weight is 525 g/mol. The second kappa shape index (κ2) is 11.7. The van der Waals surface area contributed by atoms with E-state index >= 15 is 0 Å². The van der Waals surface area contributed by atoms with Gasteiger partial charge in [0, 0.05) is 37.4 Å². The minimum absolute atomic E-state index is 0.0511. The number of H-pyrrole nitrogens is 1. The van der Waals surface area contributed by atoms with Crippen LogP contribution in [0.1, 0.15) is 10.4 Å². The molecule has 4 rings (SSSR count). The van der Waals surface area contributed by atoms with Gasteiger partial charge < -0.3 is 30.3 Å². The first kappa shape index (κ1) is 25.9. The number of carbonyl (C=O) groups is 2. The summed E-state index contributed by atoms with van der Waals surface area (Å²) in [5.41, 5.74) is 6.56. The Balaban J connectivity index is 1.34. The van der Waals surface area contributed by atoms with Crippen LogP contribution in [0.2, 0.25) is 0 Å². The number of para-hydroxylation sites is 1. The highest BCUT2D eigenvalue weighted by atomic mass is 32.2. The van der Waals surface area contributed by atoms with Gasteiger partial charge in [-0.05, 0) is 30.3 Å². The lowest BCUT2D eigenvalue weighted by Crippen LogP contribution is -2.49. The molecule has 0 spiro atoms. The van der Waals surface area contributed by atoms with Crippen molar-refractivity contribution < 1.29 is 19.1 Å². The van der Waals surface area contributed by atoms with Crippen LogP contribution in [0.5, 0.6) is 11.5 Å². The van der Waals surface area contributed by atoms with Crippen molar-refractivity contribution in [2.75, 3.05) is 62.1 Å². The molecule has 1 saturated heterocycles. The third-order valence-corrected chi connectivity index (χ3v) is 6.75. The number of nitrogens with zero attached hydrogens (tertiary/aromatic N) is 3. The Morgan fingerprint density at radius 2 is 1.76 bits per heavy atom. The third-order valence-electron chi connectivity index (χ3n) is 5.90. The number of nitrogens with one attached hydrogen (secondary N) is 2. The van der Waals surface area contributed by atoms with Crippen molar-refractivity contribution in [1.29, 1.82) is 0 Å². The molecule has 1 aromatic heterocycles. The Hall–Kier alpha value is -4.19. The van der Waals surface area contributed by atoms with Gasteiger partial charge in [0.2, 0.25) is 5.91 Å². The van der Waals surface area contributed by atoms with E-state index in [0.29, 0.717) is 24.6 Å². The molecule has 37 heavy (non-hydrogen) atoms. The van der Waals surface area contributed by atoms with Crippen LogP contribution in [-0.4, -0.2) is 72.8 Å². The van der Waals surface area contributed by atoms with Crippen molar-refractivity contribution in [3.63, 3.8) is 0 Å². The maximum absolute atomic E-state index is 12.7. The van der Waals surface area contributed by atoms with Gasteiger partial charge in [-0.3, -0.25) is 19.4 Å². The fourth-order valence-corrected chi connectivity index (χ4v) is 4.67. The molecule has 0 unspecified atom stereocenters. The molecule has 2 amide bonds. The molecule has 1 fully saturated rings. The maximum Gasteiger partial charge on any atom is 0.277 e. The number of aromatic amines is 1. The molecule has 1 aliphatic heterocycles. The molecule has 0 radical (unpaired) electrons. The van der Waals surface area contributed by atoms with Crippen molar-refractivity contribution in [2.24, 2.45) is 0 Å². The number of methoxy groups -OCH3 is 2. The number of carbonyl (C=O) groups excluding carboxylic acids is 2. The molecule has 2 heterocycles. The molecule has 3 aromatic rings. The first-order valence-corrected chi connectivity index (χ1v) is 12.5. The van der Waals surface area contributed by atoms with E-state index in [0.717, 1.165) is 30.5 Å². The van der Waals surface area contributed by atoms with Crippen LogP contribution in [0.15, 0.2) is 58.5 Å². The number of benzene rings is 2. The summed E-state index contributed by atoms with van der Waals surface area (Å²) in [5.74, 6) is 0.171. The van der Waals surface area contributed by atoms with Crippen LogP contribution in [0, 0.1) is 0 Å². The first-order chi connectivity index (χ1) is 17.9. The van der Waals surface area contributed by atoms with Crippen LogP contribution in [0.25, 0.3) is 0 Å². The standard InChI is InChI=1S/C25H28N6O5S/c1-35-18-9-8-16(14-19(18)36-2)23(33)27-21-22(26)28-25(29-24(21)34)37-15-20(32)31-12-10-30(11-13-31)17-6-4-3-5-7-17/h3-9,14H,10-13,15H2,1-2H3,(H,27,33)(H3,26,28,29,34). The second-order valence-corrected chi connectivity index (χ2v) is 9.11. The molecule has 0 bridgehead atoms. The molecule has 12 heteroatoms. The number of rotatable bonds is 8. The maximum atomic E-state index is 12.7. The highest BCUT2D eigenvalue weighted by molar-refractivity contribution is 7.99. The van der Waals surface area contributed by atoms with Crippen LogP contribution in [0.4, 0.5) is 17.2 Å². The zero-order chi connectivity index (χ0) is 26.4. The van der Waals surface area contributed by atoms with Crippen LogP contribution in [0.3, 0.4) is 0 Å². The summed E-state index contributed by atoms with van der Waals surface area (Å²) in [4.78, 5) is 48.8. The Bertz CT molecular complexity index is 1320. The molecule has 1 aliphatic rings. The molecular formula is C25H28N6O5S. The minimum Gasteiger partial charge on any atom is -0.493 e. The van der Waals surface area contributed by atoms with Crippen molar-refractivity contribution in [3.8, 4) is 11.5 Å². The molecule has 2 aromatic carbocycles. The Morgan fingerprint density at radius 1 is 1.05 bits per heavy atom. The van der Waals surface area contributed by atoms with E-state index in [1.165, 1.54) is 26.4 Å². The predicted octanol–water partition coefficient (Wildman–Crippen LogP) is 2.06. The van der Waals surface area contributed by atoms with E-state index in [9.17, 15) is 14.4 Å². The molecular weight excluding hydrogens is 496 g/mol. The lowest BCUT2D eigenvalue weighted by molar-refractivity contribution is -0.128. The third kappa shape index (κ3) is 6.15. The number of hydrogen-bond donors (Lipinski definition) is 3. The van der Waals surface area contributed by atoms with Gasteiger partial charge in [0.05, 0.1) is 20.0 Å². The number of aromatic nitrogens is 2. The molecule has 194 valence electrons. The van der Waals surface area contributed by atoms with Gasteiger partial charge in [-0.1, -0.05) is 30.0 Å². The summed E-state index contributed by atoms with van der Waals surface area (Å²) < 4.78 is 10.4. The SMILES string of the molecule is COc1ccc(C(=O)Nc2c(N)nc(SCC(=O)N3CCN(c4ccccc4)CC3)[nH]c2=O)cc1OC. The highest BCUT2D eigenvalue weighted by Gasteiger charge is 2.22. The predicted molar refractivity (Wildman–Crippen MR) is 143 cm³/mol. The van der Waals surface area contributed by atoms with Crippen molar-refractivity contribution in [2.45, 2.75) is 5.16 Å². The zero-order valence-corrected chi connectivity index (χ0v) is 21.3. The van der Waals surface area contributed by atoms with Crippen LogP contribution in [-0.2, 0) is 4.79 Å². The van der Waals surface area contributed by atoms with Gasteiger partial charge in [-0.2, -0.15) is 0 Å². The Morgan fingerprint density at radius 3 is 2.41 bits per heavy atom. The minimum atomic E-state index is -0.618. The van der Waals surface area contributed by atoms with Crippen molar-refractivity contribution >= 4 is 40.8 Å². The molecule has 0 saturated carbocycles. The lowest BCUT2D eigenvalue weighted by atomic mass is 10.2. The second-order valence-electron chi connectivity index (χ2n) is 8.15. The normalized spacial score (nSPS) is 13.2. The van der Waals surface area contributed by atoms with Gasteiger partial charge in [-0.25, -0.2) is 4.98 Å². The number of nitrogens with two attached hydrogens (primary N) is 1. The smallest absolute Gasteiger partial charge is 0.277 e. The van der Waals surface area contributed by atoms with Crippen LogP contribution < -0.4 is 31.0 Å². The van der Waals surface area contributed by atoms with Gasteiger partial charge in [0.25, 0.3) is 11.5 Å². The summed E-state index contributed by atoms with van der Waals surface area (Å²) in [6.07, 6.45) is 0. The number of ether oxygens (including phenoxy) is 2. The van der Waals surface area contributed by atoms with Gasteiger partial charge in [-0.15, -0.1) is 0 Å². The van der Waals surface area contributed by atoms with Gasteiger partial charge >= 0.3 is 0 Å². The van der Waals surface area contributed by atoms with E-state index < -0.39 is 11.5 Å². The van der Waals surface area contributed by atoms with Gasteiger partial charge in [0.1, 0.15) is 5.69 Å². The summed E-state index contributed by atoms with van der Waals surface area (Å²) >= 11 is 1.09. The quantitative estimate of drug-likeness (QED) is 0.298. The van der Waals surface area contributed by atoms with E-state index in [4.69, 9.17) is 15.2 Å². The van der Waals surface area contributed by atoms with E-state index in [1.54, 1.807) is 11.0 Å². The summed E-state index contributed by atoms with van der Waals surface area (Å²) in [5, 5.41) is 2.69. The van der Waals surface area contributed by atoms with Crippen molar-refractivity contribution in [3.05, 3.63) is 64.4 Å². The van der Waals surface area contributed by atoms with E-state index in [-0.39, 0.29) is 33.9 Å². The largest absolute Gasteiger partial charge is 0.493 e. The first-order valence-electron chi connectivity index (χ1n) is 11.5. The number of thioether (sulfide) groups is 1. The number of hydrogen-bond acceptors (Lipinski definition) is 9. The van der Waals surface area contributed by atoms with Gasteiger partial charge in [0.15, 0.2) is 22.5 Å². The molecule has 0 aliphatic carbocycles. The molecule has 0 atom stereocenters. The fraction of sp³-hybridized carbons (Fsp3) is 0.280. The summed E-state index contributed by atoms with van der Waals surface area (Å²) in [6.45, 7) is 2.72. The summed E-state index contributed by atoms with van der Waals surface area (Å²) in [6, 6.07) is 14.7. The average Bonchev–Trinajstić information content (AvgIpc) is 2.93.